The summed E-state index contributed by atoms with van der Waals surface area (Å²) in [5.41, 5.74) is 7.90. The first-order valence-corrected chi connectivity index (χ1v) is 7.47. The summed E-state index contributed by atoms with van der Waals surface area (Å²) < 4.78 is 0. The maximum absolute atomic E-state index is 10.7. The molecule has 0 saturated carbocycles. The van der Waals surface area contributed by atoms with Gasteiger partial charge < -0.3 is 10.8 Å². The van der Waals surface area contributed by atoms with E-state index in [1.165, 1.54) is 29.9 Å². The second-order valence-corrected chi connectivity index (χ2v) is 6.00. The zero-order valence-electron chi connectivity index (χ0n) is 10.3. The summed E-state index contributed by atoms with van der Waals surface area (Å²) in [4.78, 5) is 10.7. The lowest BCUT2D eigenvalue weighted by atomic mass is 9.92. The number of hydrogen-bond acceptors (Lipinski definition) is 3. The third kappa shape index (κ3) is 3.50. The predicted octanol–water partition coefficient (Wildman–Crippen LogP) is 2.25. The minimum atomic E-state index is -0.941. The molecule has 1 heterocycles. The van der Waals surface area contributed by atoms with E-state index in [0.717, 1.165) is 5.56 Å². The number of hydrogen-bond donors (Lipinski definition) is 2. The molecule has 0 aromatic heterocycles. The molecule has 1 unspecified atom stereocenters. The van der Waals surface area contributed by atoms with Crippen molar-refractivity contribution in [2.75, 3.05) is 11.5 Å². The highest BCUT2D eigenvalue weighted by atomic mass is 32.2. The molecule has 2 rings (SSSR count). The van der Waals surface area contributed by atoms with Gasteiger partial charge in [-0.05, 0) is 47.8 Å². The van der Waals surface area contributed by atoms with Gasteiger partial charge in [0.05, 0.1) is 0 Å². The van der Waals surface area contributed by atoms with Crippen LogP contribution < -0.4 is 5.73 Å². The molecule has 98 valence electrons. The summed E-state index contributed by atoms with van der Waals surface area (Å²) in [7, 11) is 0. The summed E-state index contributed by atoms with van der Waals surface area (Å²) in [5, 5.41) is 8.77. The Hall–Kier alpha value is -1.00. The molecular formula is C14H19NO2S. The fourth-order valence-corrected chi connectivity index (χ4v) is 3.40. The molecule has 0 bridgehead atoms. The Morgan fingerprint density at radius 2 is 1.94 bits per heavy atom. The van der Waals surface area contributed by atoms with E-state index < -0.39 is 12.0 Å². The van der Waals surface area contributed by atoms with Gasteiger partial charge in [-0.15, -0.1) is 0 Å². The summed E-state index contributed by atoms with van der Waals surface area (Å²) in [6, 6.07) is 7.48. The standard InChI is InChI=1S/C14H19NO2S/c15-13(14(16)17)9-10-1-3-11(4-2-10)12-5-7-18-8-6-12/h1-4,12-13H,5-9,15H2,(H,16,17). The summed E-state index contributed by atoms with van der Waals surface area (Å²) >= 11 is 2.03. The monoisotopic (exact) mass is 265 g/mol. The largest absolute Gasteiger partial charge is 0.480 e. The smallest absolute Gasteiger partial charge is 0.320 e. The quantitative estimate of drug-likeness (QED) is 0.876. The van der Waals surface area contributed by atoms with E-state index >= 15 is 0 Å². The molecule has 1 aromatic carbocycles. The molecule has 0 spiro atoms. The molecule has 0 amide bonds. The van der Waals surface area contributed by atoms with E-state index in [2.05, 4.69) is 12.1 Å². The fourth-order valence-electron chi connectivity index (χ4n) is 2.30. The van der Waals surface area contributed by atoms with Crippen LogP contribution in [0, 0.1) is 0 Å². The molecule has 1 saturated heterocycles. The molecule has 1 fully saturated rings. The normalized spacial score (nSPS) is 18.5. The van der Waals surface area contributed by atoms with Gasteiger partial charge >= 0.3 is 5.97 Å². The number of carboxylic acid groups (broad SMARTS) is 1. The Kier molecular flexibility index (Phi) is 4.66. The van der Waals surface area contributed by atoms with Crippen molar-refractivity contribution >= 4 is 17.7 Å². The Labute approximate surface area is 112 Å². The summed E-state index contributed by atoms with van der Waals surface area (Å²) in [5.74, 6) is 2.23. The number of benzene rings is 1. The maximum atomic E-state index is 10.7. The molecule has 1 aliphatic heterocycles. The van der Waals surface area contributed by atoms with E-state index in [9.17, 15) is 4.79 Å². The van der Waals surface area contributed by atoms with Crippen molar-refractivity contribution in [2.24, 2.45) is 5.73 Å². The molecule has 0 aliphatic carbocycles. The van der Waals surface area contributed by atoms with Crippen molar-refractivity contribution in [2.45, 2.75) is 31.2 Å². The molecule has 1 atom stereocenters. The van der Waals surface area contributed by atoms with Crippen LogP contribution in [0.5, 0.6) is 0 Å². The van der Waals surface area contributed by atoms with E-state index in [4.69, 9.17) is 10.8 Å². The van der Waals surface area contributed by atoms with Crippen molar-refractivity contribution in [3.63, 3.8) is 0 Å². The van der Waals surface area contributed by atoms with Gasteiger partial charge in [0, 0.05) is 0 Å². The van der Waals surface area contributed by atoms with Gasteiger partial charge in [0.1, 0.15) is 6.04 Å². The highest BCUT2D eigenvalue weighted by Crippen LogP contribution is 2.31. The van der Waals surface area contributed by atoms with Crippen LogP contribution in [-0.2, 0) is 11.2 Å². The van der Waals surface area contributed by atoms with Gasteiger partial charge in [-0.2, -0.15) is 11.8 Å². The van der Waals surface area contributed by atoms with Crippen LogP contribution in [0.25, 0.3) is 0 Å². The van der Waals surface area contributed by atoms with Crippen LogP contribution in [-0.4, -0.2) is 28.6 Å². The number of nitrogens with two attached hydrogens (primary N) is 1. The lowest BCUT2D eigenvalue weighted by Gasteiger charge is -2.21. The zero-order chi connectivity index (χ0) is 13.0. The van der Waals surface area contributed by atoms with Crippen LogP contribution >= 0.6 is 11.8 Å². The Morgan fingerprint density at radius 3 is 2.50 bits per heavy atom. The maximum Gasteiger partial charge on any atom is 0.320 e. The number of carboxylic acids is 1. The molecule has 3 nitrogen and oxygen atoms in total. The molecule has 1 aliphatic rings. The van der Waals surface area contributed by atoms with Crippen molar-refractivity contribution in [3.05, 3.63) is 35.4 Å². The first-order chi connectivity index (χ1) is 8.66. The lowest BCUT2D eigenvalue weighted by molar-refractivity contribution is -0.138. The number of carbonyl (C=O) groups is 1. The Morgan fingerprint density at radius 1 is 1.33 bits per heavy atom. The van der Waals surface area contributed by atoms with Gasteiger partial charge in [0.2, 0.25) is 0 Å². The highest BCUT2D eigenvalue weighted by Gasteiger charge is 2.16. The van der Waals surface area contributed by atoms with Gasteiger partial charge in [0.15, 0.2) is 0 Å². The molecule has 3 N–H and O–H groups in total. The van der Waals surface area contributed by atoms with Gasteiger partial charge in [-0.3, -0.25) is 4.79 Å². The van der Waals surface area contributed by atoms with Crippen LogP contribution in [0.1, 0.15) is 29.9 Å². The zero-order valence-corrected chi connectivity index (χ0v) is 11.2. The molecular weight excluding hydrogens is 246 g/mol. The molecule has 0 radical (unpaired) electrons. The average Bonchev–Trinajstić information content (AvgIpc) is 2.40. The van der Waals surface area contributed by atoms with Crippen LogP contribution in [0.2, 0.25) is 0 Å². The van der Waals surface area contributed by atoms with E-state index in [0.29, 0.717) is 12.3 Å². The average molecular weight is 265 g/mol. The second kappa shape index (κ2) is 6.25. The van der Waals surface area contributed by atoms with Gasteiger partial charge in [-0.25, -0.2) is 0 Å². The summed E-state index contributed by atoms with van der Waals surface area (Å²) in [6.07, 6.45) is 2.90. The summed E-state index contributed by atoms with van der Waals surface area (Å²) in [6.45, 7) is 0. The van der Waals surface area contributed by atoms with Crippen LogP contribution in [0.15, 0.2) is 24.3 Å². The second-order valence-electron chi connectivity index (χ2n) is 4.78. The third-order valence-corrected chi connectivity index (χ3v) is 4.49. The Bertz CT molecular complexity index is 399. The molecule has 18 heavy (non-hydrogen) atoms. The van der Waals surface area contributed by atoms with Gasteiger partial charge in [0.25, 0.3) is 0 Å². The number of rotatable bonds is 4. The van der Waals surface area contributed by atoms with Crippen LogP contribution in [0.3, 0.4) is 0 Å². The van der Waals surface area contributed by atoms with E-state index in [-0.39, 0.29) is 0 Å². The van der Waals surface area contributed by atoms with E-state index in [1.807, 2.05) is 23.9 Å². The predicted molar refractivity (Wildman–Crippen MR) is 75.1 cm³/mol. The Balaban J connectivity index is 1.98. The van der Waals surface area contributed by atoms with Crippen LogP contribution in [0.4, 0.5) is 0 Å². The number of aliphatic carboxylic acids is 1. The van der Waals surface area contributed by atoms with Gasteiger partial charge in [-0.1, -0.05) is 24.3 Å². The van der Waals surface area contributed by atoms with Crippen molar-refractivity contribution < 1.29 is 9.90 Å². The third-order valence-electron chi connectivity index (χ3n) is 3.45. The minimum Gasteiger partial charge on any atom is -0.480 e. The highest BCUT2D eigenvalue weighted by molar-refractivity contribution is 7.99. The molecule has 1 aromatic rings. The van der Waals surface area contributed by atoms with Crippen molar-refractivity contribution in [3.8, 4) is 0 Å². The first kappa shape index (κ1) is 13.4. The fraction of sp³-hybridized carbons (Fsp3) is 0.500. The minimum absolute atomic E-state index is 0.399. The SMILES string of the molecule is NC(Cc1ccc(C2CCSCC2)cc1)C(=O)O. The molecule has 4 heteroatoms. The topological polar surface area (TPSA) is 63.3 Å². The lowest BCUT2D eigenvalue weighted by Crippen LogP contribution is -2.32. The van der Waals surface area contributed by atoms with E-state index in [1.54, 1.807) is 0 Å². The van der Waals surface area contributed by atoms with Crippen molar-refractivity contribution in [1.82, 2.24) is 0 Å². The first-order valence-electron chi connectivity index (χ1n) is 6.32. The number of thioether (sulfide) groups is 1. The van der Waals surface area contributed by atoms with Crippen molar-refractivity contribution in [1.29, 1.82) is 0 Å².